The topological polar surface area (TPSA) is 70.7 Å². The molecule has 4 aromatic rings. The number of amides is 1. The summed E-state index contributed by atoms with van der Waals surface area (Å²) in [7, 11) is 0. The highest BCUT2D eigenvalue weighted by molar-refractivity contribution is 6.06. The molecule has 0 spiro atoms. The number of fused-ring (bicyclic) bond motifs is 2. The Labute approximate surface area is 151 Å². The fraction of sp³-hybridized carbons (Fsp3) is 0.190. The van der Waals surface area contributed by atoms with Crippen molar-refractivity contribution in [2.24, 2.45) is 0 Å². The predicted octanol–water partition coefficient (Wildman–Crippen LogP) is 3.78. The molecule has 26 heavy (non-hydrogen) atoms. The van der Waals surface area contributed by atoms with Crippen molar-refractivity contribution in [2.45, 2.75) is 19.8 Å². The lowest BCUT2D eigenvalue weighted by Crippen LogP contribution is -2.25. The van der Waals surface area contributed by atoms with Gasteiger partial charge >= 0.3 is 0 Å². The molecule has 2 aromatic heterocycles. The number of pyridine rings is 1. The number of H-pyrrole nitrogens is 1. The van der Waals surface area contributed by atoms with Crippen LogP contribution in [0.2, 0.25) is 0 Å². The van der Waals surface area contributed by atoms with Gasteiger partial charge < -0.3 is 10.3 Å². The molecule has 0 unspecified atom stereocenters. The van der Waals surface area contributed by atoms with Crippen molar-refractivity contribution in [3.05, 3.63) is 71.7 Å². The minimum Gasteiger partial charge on any atom is -0.352 e. The zero-order valence-electron chi connectivity index (χ0n) is 14.6. The Balaban J connectivity index is 1.40. The second-order valence-corrected chi connectivity index (χ2v) is 6.39. The lowest BCUT2D eigenvalue weighted by Gasteiger charge is -2.08. The van der Waals surface area contributed by atoms with Crippen LogP contribution in [0.25, 0.3) is 21.9 Å². The fourth-order valence-electron chi connectivity index (χ4n) is 3.17. The third-order valence-electron chi connectivity index (χ3n) is 4.40. The molecule has 5 nitrogen and oxygen atoms in total. The summed E-state index contributed by atoms with van der Waals surface area (Å²) in [6.07, 6.45) is 1.62. The van der Waals surface area contributed by atoms with Crippen LogP contribution < -0.4 is 5.32 Å². The first-order valence-electron chi connectivity index (χ1n) is 8.79. The van der Waals surface area contributed by atoms with Gasteiger partial charge in [-0.1, -0.05) is 30.3 Å². The summed E-state index contributed by atoms with van der Waals surface area (Å²) in [5.74, 6) is 0.891. The largest absolute Gasteiger partial charge is 0.352 e. The van der Waals surface area contributed by atoms with Crippen LogP contribution in [-0.2, 0) is 6.42 Å². The van der Waals surface area contributed by atoms with Crippen LogP contribution in [0.5, 0.6) is 0 Å². The van der Waals surface area contributed by atoms with E-state index in [0.29, 0.717) is 12.1 Å². The number of imidazole rings is 1. The highest BCUT2D eigenvalue weighted by Gasteiger charge is 2.11. The molecule has 2 aromatic carbocycles. The molecule has 2 N–H and O–H groups in total. The third kappa shape index (κ3) is 3.28. The summed E-state index contributed by atoms with van der Waals surface area (Å²) >= 11 is 0. The number of aryl methyl sites for hydroxylation is 2. The normalized spacial score (nSPS) is 11.1. The van der Waals surface area contributed by atoms with Crippen LogP contribution in [0.1, 0.15) is 28.3 Å². The van der Waals surface area contributed by atoms with Gasteiger partial charge in [0.05, 0.1) is 22.1 Å². The molecule has 0 saturated heterocycles. The van der Waals surface area contributed by atoms with Crippen molar-refractivity contribution in [2.75, 3.05) is 6.54 Å². The summed E-state index contributed by atoms with van der Waals surface area (Å²) in [6.45, 7) is 2.51. The molecule has 0 aliphatic rings. The second-order valence-electron chi connectivity index (χ2n) is 6.39. The number of aromatic nitrogens is 3. The van der Waals surface area contributed by atoms with E-state index < -0.39 is 0 Å². The fourth-order valence-corrected chi connectivity index (χ4v) is 3.17. The molecule has 0 saturated carbocycles. The number of hydrogen-bond donors (Lipinski definition) is 2. The first kappa shape index (κ1) is 16.3. The molecule has 4 rings (SSSR count). The summed E-state index contributed by atoms with van der Waals surface area (Å²) in [6, 6.07) is 17.6. The van der Waals surface area contributed by atoms with Gasteiger partial charge in [-0.15, -0.1) is 0 Å². The molecule has 1 amide bonds. The van der Waals surface area contributed by atoms with Gasteiger partial charge in [0, 0.05) is 24.0 Å². The number of aromatic amines is 1. The maximum Gasteiger partial charge on any atom is 0.252 e. The summed E-state index contributed by atoms with van der Waals surface area (Å²) in [4.78, 5) is 25.0. The van der Waals surface area contributed by atoms with Crippen molar-refractivity contribution in [3.8, 4) is 0 Å². The molecular weight excluding hydrogens is 324 g/mol. The van der Waals surface area contributed by atoms with Gasteiger partial charge in [-0.05, 0) is 37.6 Å². The SMILES string of the molecule is Cc1cc(C(=O)NCCCc2nc3ccccc3[nH]2)c2ccccc2n1. The Kier molecular flexibility index (Phi) is 4.35. The Bertz CT molecular complexity index is 1050. The molecule has 5 heteroatoms. The van der Waals surface area contributed by atoms with Crippen LogP contribution in [0.4, 0.5) is 0 Å². The molecule has 0 bridgehead atoms. The number of nitrogens with one attached hydrogen (secondary N) is 2. The van der Waals surface area contributed by atoms with Crippen molar-refractivity contribution in [1.29, 1.82) is 0 Å². The Morgan fingerprint density at radius 3 is 2.65 bits per heavy atom. The monoisotopic (exact) mass is 344 g/mol. The van der Waals surface area contributed by atoms with E-state index in [9.17, 15) is 4.79 Å². The van der Waals surface area contributed by atoms with Crippen LogP contribution in [0, 0.1) is 6.92 Å². The van der Waals surface area contributed by atoms with E-state index in [1.54, 1.807) is 0 Å². The number of para-hydroxylation sites is 3. The Morgan fingerprint density at radius 1 is 1.04 bits per heavy atom. The van der Waals surface area contributed by atoms with Crippen molar-refractivity contribution in [3.63, 3.8) is 0 Å². The molecule has 0 aliphatic carbocycles. The average Bonchev–Trinajstić information content (AvgIpc) is 3.07. The molecule has 0 atom stereocenters. The number of benzene rings is 2. The minimum atomic E-state index is -0.0590. The van der Waals surface area contributed by atoms with Gasteiger partial charge in [-0.2, -0.15) is 0 Å². The van der Waals surface area contributed by atoms with Crippen LogP contribution in [0.3, 0.4) is 0 Å². The number of carbonyl (C=O) groups is 1. The van der Waals surface area contributed by atoms with E-state index in [1.807, 2.05) is 61.5 Å². The molecule has 0 radical (unpaired) electrons. The summed E-state index contributed by atoms with van der Waals surface area (Å²) < 4.78 is 0. The molecule has 0 aliphatic heterocycles. The van der Waals surface area contributed by atoms with Gasteiger partial charge in [0.1, 0.15) is 5.82 Å². The maximum atomic E-state index is 12.6. The smallest absolute Gasteiger partial charge is 0.252 e. The number of hydrogen-bond acceptors (Lipinski definition) is 3. The highest BCUT2D eigenvalue weighted by Crippen LogP contribution is 2.18. The number of nitrogens with zero attached hydrogens (tertiary/aromatic N) is 2. The Morgan fingerprint density at radius 2 is 1.81 bits per heavy atom. The van der Waals surface area contributed by atoms with Gasteiger partial charge in [-0.3, -0.25) is 9.78 Å². The predicted molar refractivity (Wildman–Crippen MR) is 103 cm³/mol. The van der Waals surface area contributed by atoms with E-state index in [0.717, 1.165) is 46.3 Å². The first-order chi connectivity index (χ1) is 12.7. The van der Waals surface area contributed by atoms with Gasteiger partial charge in [-0.25, -0.2) is 4.98 Å². The quantitative estimate of drug-likeness (QED) is 0.541. The molecule has 2 heterocycles. The van der Waals surface area contributed by atoms with E-state index in [2.05, 4.69) is 20.3 Å². The highest BCUT2D eigenvalue weighted by atomic mass is 16.1. The van der Waals surface area contributed by atoms with Crippen molar-refractivity contribution >= 4 is 27.8 Å². The first-order valence-corrected chi connectivity index (χ1v) is 8.79. The summed E-state index contributed by atoms with van der Waals surface area (Å²) in [5, 5.41) is 3.90. The number of carbonyl (C=O) groups excluding carboxylic acids is 1. The minimum absolute atomic E-state index is 0.0590. The zero-order valence-corrected chi connectivity index (χ0v) is 14.6. The molecule has 130 valence electrons. The third-order valence-corrected chi connectivity index (χ3v) is 4.40. The maximum absolute atomic E-state index is 12.6. The van der Waals surface area contributed by atoms with Gasteiger partial charge in [0.25, 0.3) is 5.91 Å². The van der Waals surface area contributed by atoms with Crippen LogP contribution >= 0.6 is 0 Å². The van der Waals surface area contributed by atoms with Crippen molar-refractivity contribution in [1.82, 2.24) is 20.3 Å². The Hall–Kier alpha value is -3.21. The van der Waals surface area contributed by atoms with Crippen LogP contribution in [0.15, 0.2) is 54.6 Å². The van der Waals surface area contributed by atoms with Crippen LogP contribution in [-0.4, -0.2) is 27.4 Å². The number of rotatable bonds is 5. The average molecular weight is 344 g/mol. The van der Waals surface area contributed by atoms with E-state index >= 15 is 0 Å². The lowest BCUT2D eigenvalue weighted by atomic mass is 10.1. The van der Waals surface area contributed by atoms with Crippen molar-refractivity contribution < 1.29 is 4.79 Å². The van der Waals surface area contributed by atoms with Gasteiger partial charge in [0.15, 0.2) is 0 Å². The molecular formula is C21H20N4O. The van der Waals surface area contributed by atoms with E-state index in [1.165, 1.54) is 0 Å². The summed E-state index contributed by atoms with van der Waals surface area (Å²) in [5.41, 5.74) is 4.39. The van der Waals surface area contributed by atoms with Gasteiger partial charge in [0.2, 0.25) is 0 Å². The second kappa shape index (κ2) is 6.96. The van der Waals surface area contributed by atoms with E-state index in [4.69, 9.17) is 0 Å². The van der Waals surface area contributed by atoms with E-state index in [-0.39, 0.29) is 5.91 Å². The standard InChI is InChI=1S/C21H20N4O/c1-14-13-16(15-7-2-3-8-17(15)23-14)21(26)22-12-6-11-20-24-18-9-4-5-10-19(18)25-20/h2-5,7-10,13H,6,11-12H2,1H3,(H,22,26)(H,24,25). The molecule has 0 fully saturated rings. The zero-order chi connectivity index (χ0) is 17.9. The lowest BCUT2D eigenvalue weighted by molar-refractivity contribution is 0.0954.